The van der Waals surface area contributed by atoms with Crippen molar-refractivity contribution in [1.29, 1.82) is 0 Å². The second kappa shape index (κ2) is 11.2. The molecule has 0 fully saturated rings. The number of rotatable bonds is 9. The predicted molar refractivity (Wildman–Crippen MR) is 156 cm³/mol. The summed E-state index contributed by atoms with van der Waals surface area (Å²) in [5, 5.41) is 13.1. The first-order valence-electron chi connectivity index (χ1n) is 13.0. The summed E-state index contributed by atoms with van der Waals surface area (Å²) in [5.41, 5.74) is 4.63. The molecule has 0 saturated heterocycles. The van der Waals surface area contributed by atoms with Crippen molar-refractivity contribution >= 4 is 34.1 Å². The van der Waals surface area contributed by atoms with Crippen molar-refractivity contribution in [3.05, 3.63) is 119 Å². The number of aromatic nitrogens is 5. The number of hydrogen-bond donors (Lipinski definition) is 4. The number of para-hydroxylation sites is 2. The Labute approximate surface area is 234 Å². The highest BCUT2D eigenvalue weighted by atomic mass is 16.4. The summed E-state index contributed by atoms with van der Waals surface area (Å²) in [4.78, 5) is 39.4. The van der Waals surface area contributed by atoms with E-state index in [1.807, 2.05) is 83.8 Å². The van der Waals surface area contributed by atoms with Crippen LogP contribution >= 0.6 is 0 Å². The lowest BCUT2D eigenvalue weighted by Gasteiger charge is -2.28. The van der Waals surface area contributed by atoms with Crippen molar-refractivity contribution in [2.24, 2.45) is 0 Å². The molecule has 6 rings (SSSR count). The molecular formula is C30H26N8O3. The van der Waals surface area contributed by atoms with Crippen molar-refractivity contribution in [2.45, 2.75) is 6.04 Å². The van der Waals surface area contributed by atoms with Crippen molar-refractivity contribution < 1.29 is 9.21 Å². The van der Waals surface area contributed by atoms with E-state index in [-0.39, 0.29) is 18.3 Å². The maximum Gasteiger partial charge on any atom is 0.434 e. The minimum Gasteiger partial charge on any atom is -0.390 e. The third-order valence-corrected chi connectivity index (χ3v) is 6.60. The van der Waals surface area contributed by atoms with Crippen LogP contribution in [0.4, 0.5) is 17.3 Å². The van der Waals surface area contributed by atoms with E-state index in [0.717, 1.165) is 33.7 Å². The second-order valence-electron chi connectivity index (χ2n) is 9.26. The van der Waals surface area contributed by atoms with E-state index in [9.17, 15) is 9.59 Å². The summed E-state index contributed by atoms with van der Waals surface area (Å²) in [6.45, 7) is 0.256. The fourth-order valence-corrected chi connectivity index (χ4v) is 4.62. The zero-order valence-electron chi connectivity index (χ0n) is 22.0. The van der Waals surface area contributed by atoms with Gasteiger partial charge in [-0.15, -0.1) is 5.10 Å². The van der Waals surface area contributed by atoms with Crippen LogP contribution in [0.15, 0.2) is 106 Å². The summed E-state index contributed by atoms with van der Waals surface area (Å²) < 4.78 is 5.31. The van der Waals surface area contributed by atoms with Crippen LogP contribution in [0.3, 0.4) is 0 Å². The number of anilines is 3. The van der Waals surface area contributed by atoms with Gasteiger partial charge in [0.1, 0.15) is 6.04 Å². The molecule has 204 valence electrons. The third kappa shape index (κ3) is 5.55. The quantitative estimate of drug-likeness (QED) is 0.205. The van der Waals surface area contributed by atoms with Crippen molar-refractivity contribution in [2.75, 3.05) is 23.8 Å². The smallest absolute Gasteiger partial charge is 0.390 e. The predicted octanol–water partition coefficient (Wildman–Crippen LogP) is 4.65. The van der Waals surface area contributed by atoms with Gasteiger partial charge in [0.05, 0.1) is 17.9 Å². The normalized spacial score (nSPS) is 11.7. The van der Waals surface area contributed by atoms with Crippen LogP contribution in [0.5, 0.6) is 0 Å². The molecule has 3 aromatic carbocycles. The van der Waals surface area contributed by atoms with Gasteiger partial charge >= 0.3 is 5.76 Å². The first-order chi connectivity index (χ1) is 20.1. The highest BCUT2D eigenvalue weighted by Crippen LogP contribution is 2.28. The fourth-order valence-electron chi connectivity index (χ4n) is 4.62. The van der Waals surface area contributed by atoms with E-state index in [4.69, 9.17) is 4.42 Å². The Morgan fingerprint density at radius 3 is 2.37 bits per heavy atom. The van der Waals surface area contributed by atoms with Gasteiger partial charge in [-0.1, -0.05) is 36.4 Å². The zero-order valence-corrected chi connectivity index (χ0v) is 22.0. The van der Waals surface area contributed by atoms with Crippen molar-refractivity contribution in [3.8, 4) is 11.4 Å². The van der Waals surface area contributed by atoms with E-state index in [1.165, 1.54) is 0 Å². The van der Waals surface area contributed by atoms with Crippen LogP contribution in [-0.4, -0.2) is 44.6 Å². The number of nitrogens with zero attached hydrogens (tertiary/aromatic N) is 4. The molecule has 11 nitrogen and oxygen atoms in total. The molecule has 0 spiro atoms. The Bertz CT molecular complexity index is 1810. The molecule has 0 aliphatic heterocycles. The summed E-state index contributed by atoms with van der Waals surface area (Å²) in [6, 6.07) is 27.9. The summed E-state index contributed by atoms with van der Waals surface area (Å²) in [6.07, 6.45) is 1.68. The van der Waals surface area contributed by atoms with Crippen LogP contribution in [0, 0.1) is 0 Å². The lowest BCUT2D eigenvalue weighted by atomic mass is 10.1. The molecule has 0 radical (unpaired) electrons. The van der Waals surface area contributed by atoms with Crippen molar-refractivity contribution in [1.82, 2.24) is 30.5 Å². The van der Waals surface area contributed by atoms with Gasteiger partial charge in [-0.2, -0.15) is 0 Å². The van der Waals surface area contributed by atoms with E-state index >= 15 is 0 Å². The molecular weight excluding hydrogens is 520 g/mol. The number of nitrogens with one attached hydrogen (secondary N) is 4. The summed E-state index contributed by atoms with van der Waals surface area (Å²) >= 11 is 0. The molecule has 0 bridgehead atoms. The topological polar surface area (TPSA) is 145 Å². The highest BCUT2D eigenvalue weighted by molar-refractivity contribution is 5.99. The minimum absolute atomic E-state index is 0.0781. The Hall–Kier alpha value is -5.71. The minimum atomic E-state index is -0.750. The van der Waals surface area contributed by atoms with E-state index < -0.39 is 11.8 Å². The van der Waals surface area contributed by atoms with Crippen LogP contribution < -0.4 is 21.3 Å². The first-order valence-corrected chi connectivity index (χ1v) is 13.0. The fraction of sp³-hybridized carbons (Fsp3) is 0.100. The molecule has 0 saturated carbocycles. The number of carbonyl (C=O) groups excluding carboxylic acids is 1. The molecule has 6 aromatic rings. The summed E-state index contributed by atoms with van der Waals surface area (Å²) in [7, 11) is 1.76. The highest BCUT2D eigenvalue weighted by Gasteiger charge is 2.25. The van der Waals surface area contributed by atoms with Gasteiger partial charge in [0.25, 0.3) is 5.91 Å². The maximum atomic E-state index is 13.6. The monoisotopic (exact) mass is 546 g/mol. The van der Waals surface area contributed by atoms with Crippen LogP contribution in [-0.2, 0) is 0 Å². The Morgan fingerprint density at radius 1 is 0.976 bits per heavy atom. The average Bonchev–Trinajstić information content (AvgIpc) is 3.66. The zero-order chi connectivity index (χ0) is 28.2. The maximum absolute atomic E-state index is 13.6. The molecule has 3 aromatic heterocycles. The molecule has 11 heteroatoms. The SMILES string of the molecule is CNc1nccc(-c2cc3cc(C(=O)NC(CN(c4ccccc4)c4ccccc4)c4n[nH]c(=O)o4)ccc3[nH]2)n1. The molecule has 41 heavy (non-hydrogen) atoms. The Kier molecular flexibility index (Phi) is 6.97. The number of aromatic amines is 2. The van der Waals surface area contributed by atoms with Gasteiger partial charge in [0, 0.05) is 41.1 Å². The van der Waals surface area contributed by atoms with Gasteiger partial charge in [-0.25, -0.2) is 19.9 Å². The summed E-state index contributed by atoms with van der Waals surface area (Å²) in [5.74, 6) is -0.449. The lowest BCUT2D eigenvalue weighted by Crippen LogP contribution is -2.36. The molecule has 0 aliphatic carbocycles. The number of H-pyrrole nitrogens is 2. The van der Waals surface area contributed by atoms with Gasteiger partial charge in [-0.3, -0.25) is 4.79 Å². The number of amides is 1. The standard InChI is InChI=1S/C30H26N8O3/c1-31-29-32-15-14-24(35-29)25-17-20-16-19(12-13-23(20)33-25)27(39)34-26(28-36-37-30(40)41-28)18-38(21-8-4-2-5-9-21)22-10-6-3-7-11-22/h2-17,26,33H,18H2,1H3,(H,34,39)(H,37,40)(H,31,32,35). The van der Waals surface area contributed by atoms with Crippen LogP contribution in [0.1, 0.15) is 22.3 Å². The molecule has 1 amide bonds. The largest absolute Gasteiger partial charge is 0.434 e. The molecule has 1 unspecified atom stereocenters. The molecule has 4 N–H and O–H groups in total. The molecule has 3 heterocycles. The lowest BCUT2D eigenvalue weighted by molar-refractivity contribution is 0.0931. The van der Waals surface area contributed by atoms with E-state index in [1.54, 1.807) is 25.4 Å². The number of fused-ring (bicyclic) bond motifs is 1. The second-order valence-corrected chi connectivity index (χ2v) is 9.26. The van der Waals surface area contributed by atoms with Crippen LogP contribution in [0.2, 0.25) is 0 Å². The van der Waals surface area contributed by atoms with Crippen LogP contribution in [0.25, 0.3) is 22.3 Å². The Balaban J connectivity index is 1.30. The van der Waals surface area contributed by atoms with E-state index in [0.29, 0.717) is 11.5 Å². The van der Waals surface area contributed by atoms with Gasteiger partial charge in [0.2, 0.25) is 11.8 Å². The molecule has 0 aliphatic rings. The number of carbonyl (C=O) groups is 1. The number of hydrogen-bond acceptors (Lipinski definition) is 8. The molecule has 1 atom stereocenters. The van der Waals surface area contributed by atoms with Gasteiger partial charge < -0.3 is 24.9 Å². The third-order valence-electron chi connectivity index (χ3n) is 6.60. The van der Waals surface area contributed by atoms with E-state index in [2.05, 4.69) is 35.8 Å². The van der Waals surface area contributed by atoms with Gasteiger partial charge in [-0.05, 0) is 54.6 Å². The first kappa shape index (κ1) is 25.6. The van der Waals surface area contributed by atoms with Crippen molar-refractivity contribution in [3.63, 3.8) is 0 Å². The van der Waals surface area contributed by atoms with Gasteiger partial charge in [0.15, 0.2) is 0 Å². The number of benzene rings is 3. The Morgan fingerprint density at radius 2 is 1.71 bits per heavy atom. The average molecular weight is 547 g/mol.